The van der Waals surface area contributed by atoms with Crippen LogP contribution < -0.4 is 4.74 Å². The summed E-state index contributed by atoms with van der Waals surface area (Å²) < 4.78 is 45.5. The number of hydrogen-bond donors (Lipinski definition) is 2. The zero-order chi connectivity index (χ0) is 41.6. The van der Waals surface area contributed by atoms with Crippen molar-refractivity contribution in [2.24, 2.45) is 0 Å². The number of carbonyl (C=O) groups is 2. The van der Waals surface area contributed by atoms with E-state index in [1.807, 2.05) is 60.7 Å². The van der Waals surface area contributed by atoms with Crippen LogP contribution in [-0.2, 0) is 27.1 Å². The van der Waals surface area contributed by atoms with Gasteiger partial charge >= 0.3 is 0 Å². The van der Waals surface area contributed by atoms with Gasteiger partial charge in [-0.2, -0.15) is 5.10 Å². The maximum Gasteiger partial charge on any atom is 0.163 e. The summed E-state index contributed by atoms with van der Waals surface area (Å²) in [5, 5.41) is 9.33. The molecular weight excluding hydrogens is 784 g/mol. The Bertz CT molecular complexity index is 2700. The van der Waals surface area contributed by atoms with Crippen molar-refractivity contribution in [1.29, 1.82) is 0 Å². The number of hydrogen-bond acceptors (Lipinski definition) is 6. The molecule has 0 spiro atoms. The first-order valence-corrected chi connectivity index (χ1v) is 20.6. The first-order chi connectivity index (χ1) is 29.2. The number of nitrogens with one attached hydrogen (secondary N) is 2. The van der Waals surface area contributed by atoms with Crippen molar-refractivity contribution in [3.05, 3.63) is 153 Å². The fourth-order valence-corrected chi connectivity index (χ4v) is 8.31. The third-order valence-electron chi connectivity index (χ3n) is 10.9. The number of benzene rings is 5. The maximum absolute atomic E-state index is 14.3. The van der Waals surface area contributed by atoms with Crippen LogP contribution in [0.2, 0.25) is 5.02 Å². The number of carbonyl (C=O) groups excluding carboxylic acids is 2. The molecule has 0 amide bonds. The summed E-state index contributed by atoms with van der Waals surface area (Å²) in [7, 11) is 0. The van der Waals surface area contributed by atoms with E-state index in [4.69, 9.17) is 25.8 Å². The second-order valence-corrected chi connectivity index (χ2v) is 15.3. The monoisotopic (exact) mass is 827 g/mol. The lowest BCUT2D eigenvalue weighted by Crippen LogP contribution is -2.14. The second kappa shape index (κ2) is 18.5. The van der Waals surface area contributed by atoms with E-state index in [0.717, 1.165) is 79.4 Å². The minimum Gasteiger partial charge on any atom is -0.491 e. The smallest absolute Gasteiger partial charge is 0.163 e. The topological polar surface area (TPSA) is 106 Å². The average molecular weight is 828 g/mol. The Labute approximate surface area is 351 Å². The van der Waals surface area contributed by atoms with Gasteiger partial charge in [-0.25, -0.2) is 8.78 Å². The summed E-state index contributed by atoms with van der Waals surface area (Å²) >= 11 is 6.57. The quantitative estimate of drug-likeness (QED) is 0.0699. The molecule has 2 aromatic heterocycles. The van der Waals surface area contributed by atoms with Gasteiger partial charge in [-0.1, -0.05) is 67.1 Å². The van der Waals surface area contributed by atoms with Crippen LogP contribution in [0, 0.1) is 11.6 Å². The Morgan fingerprint density at radius 3 is 2.40 bits per heavy atom. The van der Waals surface area contributed by atoms with Crippen LogP contribution in [-0.4, -0.2) is 59.8 Å². The van der Waals surface area contributed by atoms with E-state index < -0.39 is 5.82 Å². The van der Waals surface area contributed by atoms with Gasteiger partial charge in [-0.3, -0.25) is 14.7 Å². The Balaban J connectivity index is 0.782. The largest absolute Gasteiger partial charge is 0.491 e. The minimum atomic E-state index is -0.420. The van der Waals surface area contributed by atoms with Gasteiger partial charge in [0.1, 0.15) is 30.6 Å². The lowest BCUT2D eigenvalue weighted by Gasteiger charge is -2.18. The summed E-state index contributed by atoms with van der Waals surface area (Å²) in [4.78, 5) is 28.6. The molecule has 11 heteroatoms. The van der Waals surface area contributed by atoms with Gasteiger partial charge in [-0.15, -0.1) is 0 Å². The predicted octanol–water partition coefficient (Wildman–Crippen LogP) is 11.1. The molecule has 2 heterocycles. The summed E-state index contributed by atoms with van der Waals surface area (Å²) in [6.07, 6.45) is 5.27. The van der Waals surface area contributed by atoms with E-state index in [9.17, 15) is 18.4 Å². The highest BCUT2D eigenvalue weighted by atomic mass is 35.5. The number of aryl methyl sites for hydroxylation is 2. The van der Waals surface area contributed by atoms with Gasteiger partial charge in [-0.05, 0) is 119 Å². The fraction of sp³-hybridized carbons (Fsp3) is 0.245. The van der Waals surface area contributed by atoms with Crippen LogP contribution >= 0.6 is 11.6 Å². The van der Waals surface area contributed by atoms with Crippen LogP contribution in [0.1, 0.15) is 70.8 Å². The van der Waals surface area contributed by atoms with Crippen molar-refractivity contribution < 1.29 is 32.6 Å². The van der Waals surface area contributed by atoms with E-state index in [0.29, 0.717) is 67.4 Å². The highest BCUT2D eigenvalue weighted by Gasteiger charge is 2.24. The molecule has 306 valence electrons. The Morgan fingerprint density at radius 1 is 0.817 bits per heavy atom. The van der Waals surface area contributed by atoms with E-state index in [1.165, 1.54) is 24.3 Å². The second-order valence-electron chi connectivity index (χ2n) is 14.9. The molecule has 7 aromatic rings. The van der Waals surface area contributed by atoms with Gasteiger partial charge in [0.15, 0.2) is 11.6 Å². The number of nitrogens with zero attached hydrogens (tertiary/aromatic N) is 1. The fourth-order valence-electron chi connectivity index (χ4n) is 8.03. The van der Waals surface area contributed by atoms with Crippen LogP contribution in [0.5, 0.6) is 5.75 Å². The first kappa shape index (κ1) is 40.8. The van der Waals surface area contributed by atoms with Gasteiger partial charge in [0.05, 0.1) is 36.6 Å². The van der Waals surface area contributed by atoms with Crippen molar-refractivity contribution in [3.8, 4) is 17.0 Å². The summed E-state index contributed by atoms with van der Waals surface area (Å²) in [6, 6.07) is 29.3. The number of allylic oxidation sites excluding steroid dienone is 1. The minimum absolute atomic E-state index is 0.00762. The Hall–Kier alpha value is -5.94. The number of fused-ring (bicyclic) bond motifs is 1. The van der Waals surface area contributed by atoms with Crippen molar-refractivity contribution in [1.82, 2.24) is 15.2 Å². The SMILES string of the molecule is CC/C(=C(/c1ccc(OCCOCCOCC(=O)CCc2ccc(-c3[nH]c4cc(F)cc5c4c3CCCC5=O)cc2)cc1)c1ccc2[nH]ncc2c1)c1ccc(F)cc1Cl. The molecule has 8 nitrogen and oxygen atoms in total. The van der Waals surface area contributed by atoms with Crippen LogP contribution in [0.4, 0.5) is 8.78 Å². The Morgan fingerprint density at radius 2 is 1.60 bits per heavy atom. The molecule has 8 rings (SSSR count). The number of aromatic nitrogens is 3. The van der Waals surface area contributed by atoms with Crippen molar-refractivity contribution in [3.63, 3.8) is 0 Å². The van der Waals surface area contributed by atoms with E-state index in [-0.39, 0.29) is 30.6 Å². The zero-order valence-corrected chi connectivity index (χ0v) is 34.0. The lowest BCUT2D eigenvalue weighted by molar-refractivity contribution is -0.124. The van der Waals surface area contributed by atoms with Crippen molar-refractivity contribution >= 4 is 56.1 Å². The average Bonchev–Trinajstić information content (AvgIpc) is 3.83. The number of ketones is 2. The molecule has 0 atom stereocenters. The molecule has 0 saturated carbocycles. The molecule has 0 fully saturated rings. The van der Waals surface area contributed by atoms with Crippen molar-refractivity contribution in [2.45, 2.75) is 45.4 Å². The zero-order valence-electron chi connectivity index (χ0n) is 33.2. The summed E-state index contributed by atoms with van der Waals surface area (Å²) in [6.45, 7) is 3.38. The molecular formula is C49H44ClF2N3O5. The Kier molecular flexibility index (Phi) is 12.6. The van der Waals surface area contributed by atoms with Gasteiger partial charge < -0.3 is 19.2 Å². The van der Waals surface area contributed by atoms with Gasteiger partial charge in [0.2, 0.25) is 0 Å². The highest BCUT2D eigenvalue weighted by Crippen LogP contribution is 2.39. The molecule has 1 aliphatic carbocycles. The number of H-pyrrole nitrogens is 2. The maximum atomic E-state index is 14.3. The number of Topliss-reactive ketones (excluding diaryl/α,β-unsaturated/α-hetero) is 2. The number of aromatic amines is 2. The van der Waals surface area contributed by atoms with Gasteiger partial charge in [0.25, 0.3) is 0 Å². The molecule has 1 aliphatic rings. The molecule has 0 bridgehead atoms. The summed E-state index contributed by atoms with van der Waals surface area (Å²) in [5.41, 5.74) is 10.7. The summed E-state index contributed by atoms with van der Waals surface area (Å²) in [5.74, 6) is -0.130. The van der Waals surface area contributed by atoms with Crippen LogP contribution in [0.25, 0.3) is 44.2 Å². The molecule has 0 aliphatic heterocycles. The van der Waals surface area contributed by atoms with E-state index >= 15 is 0 Å². The van der Waals surface area contributed by atoms with E-state index in [1.54, 1.807) is 12.3 Å². The molecule has 60 heavy (non-hydrogen) atoms. The van der Waals surface area contributed by atoms with Crippen LogP contribution in [0.3, 0.4) is 0 Å². The molecule has 0 unspecified atom stereocenters. The molecule has 0 radical (unpaired) electrons. The molecule has 5 aromatic carbocycles. The van der Waals surface area contributed by atoms with Gasteiger partial charge in [0, 0.05) is 40.4 Å². The highest BCUT2D eigenvalue weighted by molar-refractivity contribution is 6.32. The number of rotatable bonds is 17. The van der Waals surface area contributed by atoms with Crippen molar-refractivity contribution in [2.75, 3.05) is 33.0 Å². The number of ether oxygens (including phenoxy) is 3. The van der Waals surface area contributed by atoms with Crippen LogP contribution in [0.15, 0.2) is 103 Å². The molecule has 0 saturated heterocycles. The third-order valence-corrected chi connectivity index (χ3v) is 11.3. The van der Waals surface area contributed by atoms with E-state index in [2.05, 4.69) is 28.2 Å². The normalized spacial score (nSPS) is 13.2. The number of halogens is 3. The third kappa shape index (κ3) is 9.11. The predicted molar refractivity (Wildman–Crippen MR) is 232 cm³/mol. The molecule has 2 N–H and O–H groups in total. The lowest BCUT2D eigenvalue weighted by atomic mass is 9.87. The first-order valence-electron chi connectivity index (χ1n) is 20.2. The standard InChI is InChI=1S/C49H44ClF2N3O5/c1-2-39(40-18-14-35(51)26-43(40)50)47(33-13-19-44-34(24-33)28-53-55-44)31-11-16-38(17-12-31)60-23-22-58-20-21-59-29-37(56)15-8-30-6-9-32(10-7-30)49-41-4-3-5-46(57)42-25-36(52)27-45(54-49)48(41)42/h6-7,9-14,16-19,24-28,54H,2-5,8,15,20-23,29H2,1H3,(H,53,55)/b47-39+.